The Morgan fingerprint density at radius 1 is 1.07 bits per heavy atom. The molecule has 1 aromatic carbocycles. The fourth-order valence-electron chi connectivity index (χ4n) is 3.32. The van der Waals surface area contributed by atoms with Crippen LogP contribution in [0.25, 0.3) is 11.1 Å². The number of ether oxygens (including phenoxy) is 2. The normalized spacial score (nSPS) is 18.3. The second-order valence-corrected chi connectivity index (χ2v) is 7.28. The van der Waals surface area contributed by atoms with Crippen molar-refractivity contribution in [3.05, 3.63) is 42.5 Å². The summed E-state index contributed by atoms with van der Waals surface area (Å²) < 4.78 is 11.6. The van der Waals surface area contributed by atoms with Crippen LogP contribution >= 0.6 is 0 Å². The smallest absolute Gasteiger partial charge is 0.157 e. The Morgan fingerprint density at radius 3 is 2.56 bits per heavy atom. The number of benzene rings is 1. The first-order chi connectivity index (χ1) is 13.2. The average Bonchev–Trinajstić information content (AvgIpc) is 2.70. The van der Waals surface area contributed by atoms with Gasteiger partial charge in [0.25, 0.3) is 0 Å². The molecule has 2 atom stereocenters. The Labute approximate surface area is 161 Å². The van der Waals surface area contributed by atoms with Crippen LogP contribution in [-0.2, 0) is 15.9 Å². The lowest BCUT2D eigenvalue weighted by molar-refractivity contribution is -0.185. The molecule has 2 unspecified atom stereocenters. The molecule has 146 valence electrons. The number of rotatable bonds is 9. The molecule has 2 heterocycles. The molecule has 1 fully saturated rings. The van der Waals surface area contributed by atoms with E-state index >= 15 is 0 Å². The largest absolute Gasteiger partial charge is 0.508 e. The van der Waals surface area contributed by atoms with Crippen molar-refractivity contribution in [2.24, 2.45) is 0 Å². The highest BCUT2D eigenvalue weighted by molar-refractivity contribution is 5.62. The number of hydrogen-bond donors (Lipinski definition) is 1. The van der Waals surface area contributed by atoms with Crippen LogP contribution in [0.3, 0.4) is 0 Å². The zero-order chi connectivity index (χ0) is 18.9. The summed E-state index contributed by atoms with van der Waals surface area (Å²) in [7, 11) is 0. The molecule has 1 saturated heterocycles. The van der Waals surface area contributed by atoms with Crippen molar-refractivity contribution in [2.75, 3.05) is 6.61 Å². The Morgan fingerprint density at radius 2 is 1.85 bits per heavy atom. The maximum atomic E-state index is 9.36. The van der Waals surface area contributed by atoms with Gasteiger partial charge in [-0.3, -0.25) is 0 Å². The van der Waals surface area contributed by atoms with Gasteiger partial charge in [0.15, 0.2) is 6.29 Å². The highest BCUT2D eigenvalue weighted by Gasteiger charge is 2.16. The van der Waals surface area contributed by atoms with Gasteiger partial charge in [0.1, 0.15) is 11.6 Å². The number of phenolic OH excluding ortho intramolecular Hbond substituents is 1. The second-order valence-electron chi connectivity index (χ2n) is 7.28. The third-order valence-corrected chi connectivity index (χ3v) is 4.94. The molecule has 0 radical (unpaired) electrons. The summed E-state index contributed by atoms with van der Waals surface area (Å²) in [6.45, 7) is 2.98. The van der Waals surface area contributed by atoms with Crippen LogP contribution in [0, 0.1) is 0 Å². The molecule has 1 aliphatic rings. The Balaban J connectivity index is 1.32. The predicted molar refractivity (Wildman–Crippen MR) is 105 cm³/mol. The summed E-state index contributed by atoms with van der Waals surface area (Å²) in [5, 5.41) is 9.36. The fourth-order valence-corrected chi connectivity index (χ4v) is 3.32. The van der Waals surface area contributed by atoms with Crippen LogP contribution in [0.2, 0.25) is 0 Å². The molecule has 1 N–H and O–H groups in total. The van der Waals surface area contributed by atoms with Crippen LogP contribution < -0.4 is 0 Å². The van der Waals surface area contributed by atoms with E-state index in [4.69, 9.17) is 9.47 Å². The molecule has 5 heteroatoms. The topological polar surface area (TPSA) is 64.5 Å². The van der Waals surface area contributed by atoms with Crippen molar-refractivity contribution in [1.29, 1.82) is 0 Å². The Bertz CT molecular complexity index is 667. The van der Waals surface area contributed by atoms with E-state index < -0.39 is 0 Å². The molecule has 27 heavy (non-hydrogen) atoms. The lowest BCUT2D eigenvalue weighted by Crippen LogP contribution is -2.26. The van der Waals surface area contributed by atoms with Gasteiger partial charge >= 0.3 is 0 Å². The molecule has 1 aromatic heterocycles. The van der Waals surface area contributed by atoms with E-state index in [1.807, 2.05) is 24.5 Å². The Hall–Kier alpha value is -1.98. The zero-order valence-corrected chi connectivity index (χ0v) is 16.1. The molecule has 1 aliphatic heterocycles. The van der Waals surface area contributed by atoms with E-state index in [1.165, 1.54) is 6.42 Å². The molecule has 0 amide bonds. The highest BCUT2D eigenvalue weighted by Crippen LogP contribution is 2.21. The molecule has 0 aliphatic carbocycles. The maximum absolute atomic E-state index is 9.36. The van der Waals surface area contributed by atoms with E-state index in [9.17, 15) is 5.11 Å². The molecule has 5 nitrogen and oxygen atoms in total. The van der Waals surface area contributed by atoms with Crippen molar-refractivity contribution >= 4 is 0 Å². The van der Waals surface area contributed by atoms with Crippen LogP contribution in [-0.4, -0.2) is 34.1 Å². The number of nitrogens with zero attached hydrogens (tertiary/aromatic N) is 2. The van der Waals surface area contributed by atoms with E-state index in [2.05, 4.69) is 16.9 Å². The number of aromatic nitrogens is 2. The summed E-state index contributed by atoms with van der Waals surface area (Å²) in [5.41, 5.74) is 1.98. The first-order valence-electron chi connectivity index (χ1n) is 10.1. The average molecular weight is 370 g/mol. The lowest BCUT2D eigenvalue weighted by Gasteiger charge is -2.26. The second kappa shape index (κ2) is 10.4. The molecule has 2 aromatic rings. The van der Waals surface area contributed by atoms with Gasteiger partial charge in [-0.2, -0.15) is 0 Å². The minimum atomic E-state index is 0.00856. The summed E-state index contributed by atoms with van der Waals surface area (Å²) in [6.07, 6.45) is 12.7. The molecular formula is C22H30N2O3. The first kappa shape index (κ1) is 19.8. The van der Waals surface area contributed by atoms with Crippen molar-refractivity contribution in [2.45, 2.75) is 70.7 Å². The number of aromatic hydroxyl groups is 1. The van der Waals surface area contributed by atoms with Crippen molar-refractivity contribution < 1.29 is 14.6 Å². The van der Waals surface area contributed by atoms with Crippen LogP contribution in [0.5, 0.6) is 5.75 Å². The molecule has 0 bridgehead atoms. The van der Waals surface area contributed by atoms with Gasteiger partial charge in [0.05, 0.1) is 6.10 Å². The highest BCUT2D eigenvalue weighted by atomic mass is 16.7. The minimum absolute atomic E-state index is 0.00856. The van der Waals surface area contributed by atoms with Gasteiger partial charge in [0.2, 0.25) is 0 Å². The summed E-state index contributed by atoms with van der Waals surface area (Å²) in [5.74, 6) is 1.15. The summed E-state index contributed by atoms with van der Waals surface area (Å²) >= 11 is 0. The SMILES string of the molecule is CC(CCCCCc1ncc(-c2ccc(O)cc2)cn1)OC1CCCCO1. The van der Waals surface area contributed by atoms with E-state index in [0.717, 1.165) is 68.5 Å². The summed E-state index contributed by atoms with van der Waals surface area (Å²) in [4.78, 5) is 8.95. The number of unbranched alkanes of at least 4 members (excludes halogenated alkanes) is 2. The van der Waals surface area contributed by atoms with Crippen LogP contribution in [0.1, 0.15) is 57.7 Å². The van der Waals surface area contributed by atoms with E-state index in [0.29, 0.717) is 0 Å². The van der Waals surface area contributed by atoms with Crippen molar-refractivity contribution in [1.82, 2.24) is 9.97 Å². The maximum Gasteiger partial charge on any atom is 0.157 e. The predicted octanol–water partition coefficient (Wildman–Crippen LogP) is 4.88. The lowest BCUT2D eigenvalue weighted by atomic mass is 10.1. The zero-order valence-electron chi connectivity index (χ0n) is 16.1. The Kier molecular flexibility index (Phi) is 7.60. The fraction of sp³-hybridized carbons (Fsp3) is 0.545. The van der Waals surface area contributed by atoms with Crippen molar-refractivity contribution in [3.8, 4) is 16.9 Å². The minimum Gasteiger partial charge on any atom is -0.508 e. The van der Waals surface area contributed by atoms with Gasteiger partial charge in [-0.1, -0.05) is 25.0 Å². The number of phenols is 1. The van der Waals surface area contributed by atoms with E-state index in [-0.39, 0.29) is 18.1 Å². The third-order valence-electron chi connectivity index (χ3n) is 4.94. The van der Waals surface area contributed by atoms with E-state index in [1.54, 1.807) is 12.1 Å². The monoisotopic (exact) mass is 370 g/mol. The first-order valence-corrected chi connectivity index (χ1v) is 10.1. The molecule has 0 spiro atoms. The summed E-state index contributed by atoms with van der Waals surface area (Å²) in [6, 6.07) is 7.09. The molecule has 3 rings (SSSR count). The van der Waals surface area contributed by atoms with Crippen LogP contribution in [0.15, 0.2) is 36.7 Å². The number of hydrogen-bond acceptors (Lipinski definition) is 5. The standard InChI is InChI=1S/C22H30N2O3/c1-17(27-22-9-5-6-14-26-22)7-3-2-4-8-21-23-15-19(16-24-21)18-10-12-20(25)13-11-18/h10-13,15-17,22,25H,2-9,14H2,1H3. The van der Waals surface area contributed by atoms with Gasteiger partial charge in [0, 0.05) is 31.0 Å². The number of aryl methyl sites for hydroxylation is 1. The van der Waals surface area contributed by atoms with Crippen LogP contribution in [0.4, 0.5) is 0 Å². The quantitative estimate of drug-likeness (QED) is 0.637. The third kappa shape index (κ3) is 6.60. The van der Waals surface area contributed by atoms with Crippen molar-refractivity contribution in [3.63, 3.8) is 0 Å². The molecule has 0 saturated carbocycles. The van der Waals surface area contributed by atoms with Gasteiger partial charge in [-0.05, 0) is 56.7 Å². The van der Waals surface area contributed by atoms with Gasteiger partial charge in [-0.15, -0.1) is 0 Å². The molecular weight excluding hydrogens is 340 g/mol. The van der Waals surface area contributed by atoms with Gasteiger partial charge < -0.3 is 14.6 Å². The van der Waals surface area contributed by atoms with Gasteiger partial charge in [-0.25, -0.2) is 9.97 Å².